The van der Waals surface area contributed by atoms with Gasteiger partial charge < -0.3 is 9.55 Å². The third-order valence-corrected chi connectivity index (χ3v) is 3.67. The Labute approximate surface area is 149 Å². The number of benzene rings is 1. The molecule has 0 radical (unpaired) electrons. The van der Waals surface area contributed by atoms with Crippen LogP contribution in [0.4, 0.5) is 11.4 Å². The van der Waals surface area contributed by atoms with Crippen molar-refractivity contribution in [2.75, 3.05) is 0 Å². The van der Waals surface area contributed by atoms with Crippen molar-refractivity contribution in [2.45, 2.75) is 0 Å². The number of hydrogen-bond acceptors (Lipinski definition) is 6. The quantitative estimate of drug-likeness (QED) is 0.516. The second-order valence-electron chi connectivity index (χ2n) is 5.34. The van der Waals surface area contributed by atoms with Crippen LogP contribution in [0, 0.1) is 20.2 Å². The van der Waals surface area contributed by atoms with E-state index in [9.17, 15) is 29.8 Å². The average molecular weight is 369 g/mol. The number of aromatic nitrogens is 3. The van der Waals surface area contributed by atoms with Crippen molar-refractivity contribution in [3.8, 4) is 5.69 Å². The smallest absolute Gasteiger partial charge is 0.317 e. The van der Waals surface area contributed by atoms with Crippen molar-refractivity contribution in [3.63, 3.8) is 0 Å². The van der Waals surface area contributed by atoms with E-state index < -0.39 is 26.8 Å². The zero-order chi connectivity index (χ0) is 19.6. The van der Waals surface area contributed by atoms with Crippen molar-refractivity contribution in [2.24, 2.45) is 0 Å². The van der Waals surface area contributed by atoms with E-state index in [4.69, 9.17) is 0 Å². The lowest BCUT2D eigenvalue weighted by Gasteiger charge is -2.06. The Morgan fingerprint density at radius 3 is 2.26 bits per heavy atom. The highest BCUT2D eigenvalue weighted by atomic mass is 16.6. The second kappa shape index (κ2) is 6.92. The minimum atomic E-state index is -1.10. The van der Waals surface area contributed by atoms with Gasteiger partial charge in [0.25, 0.3) is 5.69 Å². The molecule has 0 bridgehead atoms. The maximum absolute atomic E-state index is 11.6. The summed E-state index contributed by atoms with van der Waals surface area (Å²) in [6, 6.07) is 9.19. The molecule has 136 valence electrons. The predicted molar refractivity (Wildman–Crippen MR) is 95.7 cm³/mol. The molecule has 0 spiro atoms. The van der Waals surface area contributed by atoms with E-state index >= 15 is 0 Å². The van der Waals surface area contributed by atoms with Crippen LogP contribution in [0.25, 0.3) is 17.8 Å². The van der Waals surface area contributed by atoms with Crippen molar-refractivity contribution < 1.29 is 9.85 Å². The van der Waals surface area contributed by atoms with E-state index in [1.54, 1.807) is 40.0 Å². The van der Waals surface area contributed by atoms with Gasteiger partial charge in [0.2, 0.25) is 0 Å². The first-order valence-corrected chi connectivity index (χ1v) is 7.48. The first-order chi connectivity index (χ1) is 12.9. The van der Waals surface area contributed by atoms with Crippen LogP contribution >= 0.6 is 0 Å². The predicted octanol–water partition coefficient (Wildman–Crippen LogP) is 1.84. The van der Waals surface area contributed by atoms with Gasteiger partial charge in [-0.25, -0.2) is 4.79 Å². The van der Waals surface area contributed by atoms with Gasteiger partial charge in [-0.1, -0.05) is 0 Å². The first kappa shape index (κ1) is 17.5. The maximum Gasteiger partial charge on any atom is 0.357 e. The molecular weight excluding hydrogens is 358 g/mol. The van der Waals surface area contributed by atoms with E-state index in [1.807, 2.05) is 0 Å². The summed E-state index contributed by atoms with van der Waals surface area (Å²) < 4.78 is 1.68. The molecule has 0 saturated heterocycles. The fourth-order valence-corrected chi connectivity index (χ4v) is 2.47. The van der Waals surface area contributed by atoms with Gasteiger partial charge in [-0.3, -0.25) is 30.0 Å². The van der Waals surface area contributed by atoms with Crippen molar-refractivity contribution >= 4 is 23.5 Å². The summed E-state index contributed by atoms with van der Waals surface area (Å²) in [4.78, 5) is 47.4. The molecule has 0 unspecified atom stereocenters. The van der Waals surface area contributed by atoms with Gasteiger partial charge in [-0.2, -0.15) is 0 Å². The zero-order valence-electron chi connectivity index (χ0n) is 13.5. The highest BCUT2D eigenvalue weighted by molar-refractivity contribution is 5.71. The highest BCUT2D eigenvalue weighted by Gasteiger charge is 2.18. The van der Waals surface area contributed by atoms with Crippen molar-refractivity contribution in [1.82, 2.24) is 14.5 Å². The van der Waals surface area contributed by atoms with Gasteiger partial charge >= 0.3 is 16.9 Å². The van der Waals surface area contributed by atoms with E-state index in [2.05, 4.69) is 4.98 Å². The molecule has 2 N–H and O–H groups in total. The minimum Gasteiger partial charge on any atom is -0.317 e. The molecule has 0 aliphatic heterocycles. The van der Waals surface area contributed by atoms with Crippen LogP contribution in [0.2, 0.25) is 0 Å². The third kappa shape index (κ3) is 3.56. The molecule has 11 nitrogen and oxygen atoms in total. The molecule has 0 amide bonds. The fourth-order valence-electron chi connectivity index (χ4n) is 2.47. The summed E-state index contributed by atoms with van der Waals surface area (Å²) in [5.41, 5.74) is -1.85. The number of nitro groups is 2. The van der Waals surface area contributed by atoms with E-state index in [-0.39, 0.29) is 11.4 Å². The maximum atomic E-state index is 11.6. The molecular formula is C16H11N5O6. The first-order valence-electron chi connectivity index (χ1n) is 7.48. The molecule has 1 aromatic carbocycles. The SMILES string of the molecule is O=c1[nH]c(C=Cc2cccn2-c2ccc([N+](=O)[O-])cc2)c([N+](=O)[O-])c(=O)[nH]1. The third-order valence-electron chi connectivity index (χ3n) is 3.67. The highest BCUT2D eigenvalue weighted by Crippen LogP contribution is 2.19. The Morgan fingerprint density at radius 2 is 1.63 bits per heavy atom. The molecule has 0 saturated carbocycles. The molecule has 2 aromatic heterocycles. The summed E-state index contributed by atoms with van der Waals surface area (Å²) in [5.74, 6) is 0. The lowest BCUT2D eigenvalue weighted by atomic mass is 10.2. The number of nitro benzene ring substituents is 1. The molecule has 0 aliphatic rings. The minimum absolute atomic E-state index is 0.0558. The Bertz CT molecular complexity index is 1170. The standard InChI is InChI=1S/C16H11N5O6/c22-15-14(21(26)27)13(17-16(23)18-15)8-7-10-2-1-9-19(10)11-3-5-12(6-4-11)20(24)25/h1-9H,(H2,17,18,22,23). The van der Waals surface area contributed by atoms with Gasteiger partial charge in [0, 0.05) is 29.7 Å². The number of nitrogens with zero attached hydrogens (tertiary/aromatic N) is 3. The van der Waals surface area contributed by atoms with Crippen LogP contribution in [0.3, 0.4) is 0 Å². The summed E-state index contributed by atoms with van der Waals surface area (Å²) in [6.45, 7) is 0. The summed E-state index contributed by atoms with van der Waals surface area (Å²) in [5, 5.41) is 21.8. The molecule has 0 aliphatic carbocycles. The van der Waals surface area contributed by atoms with Crippen LogP contribution in [0.1, 0.15) is 11.4 Å². The molecule has 11 heteroatoms. The van der Waals surface area contributed by atoms with E-state index in [0.717, 1.165) is 0 Å². The van der Waals surface area contributed by atoms with Crippen LogP contribution in [-0.4, -0.2) is 24.4 Å². The van der Waals surface area contributed by atoms with Crippen LogP contribution in [0.5, 0.6) is 0 Å². The molecule has 0 atom stereocenters. The van der Waals surface area contributed by atoms with Gasteiger partial charge in [0.05, 0.1) is 9.85 Å². The van der Waals surface area contributed by atoms with Gasteiger partial charge in [0.15, 0.2) is 0 Å². The zero-order valence-corrected chi connectivity index (χ0v) is 13.5. The Kier molecular flexibility index (Phi) is 4.49. The fraction of sp³-hybridized carbons (Fsp3) is 0. The lowest BCUT2D eigenvalue weighted by Crippen LogP contribution is -2.25. The number of hydrogen-bond donors (Lipinski definition) is 2. The van der Waals surface area contributed by atoms with E-state index in [1.165, 1.54) is 24.3 Å². The summed E-state index contributed by atoms with van der Waals surface area (Å²) in [7, 11) is 0. The normalized spacial score (nSPS) is 11.0. The van der Waals surface area contributed by atoms with Gasteiger partial charge in [0.1, 0.15) is 5.69 Å². The topological polar surface area (TPSA) is 157 Å². The number of aromatic amines is 2. The molecule has 27 heavy (non-hydrogen) atoms. The van der Waals surface area contributed by atoms with Crippen LogP contribution in [0.15, 0.2) is 52.2 Å². The second-order valence-corrected chi connectivity index (χ2v) is 5.34. The number of rotatable bonds is 5. The Hall–Kier alpha value is -4.28. The summed E-state index contributed by atoms with van der Waals surface area (Å²) in [6.07, 6.45) is 4.40. The molecule has 3 rings (SSSR count). The number of nitrogens with one attached hydrogen (secondary N) is 2. The monoisotopic (exact) mass is 369 g/mol. The summed E-state index contributed by atoms with van der Waals surface area (Å²) >= 11 is 0. The van der Waals surface area contributed by atoms with Gasteiger partial charge in [-0.15, -0.1) is 0 Å². The average Bonchev–Trinajstić information content (AvgIpc) is 3.07. The number of H-pyrrole nitrogens is 2. The molecule has 3 aromatic rings. The number of non-ortho nitro benzene ring substituents is 1. The molecule has 0 fully saturated rings. The van der Waals surface area contributed by atoms with Crippen molar-refractivity contribution in [1.29, 1.82) is 0 Å². The Balaban J connectivity index is 2.01. The van der Waals surface area contributed by atoms with Crippen molar-refractivity contribution in [3.05, 3.63) is 95.0 Å². The van der Waals surface area contributed by atoms with Gasteiger partial charge in [-0.05, 0) is 36.4 Å². The van der Waals surface area contributed by atoms with Crippen LogP contribution < -0.4 is 11.2 Å². The van der Waals surface area contributed by atoms with Crippen LogP contribution in [-0.2, 0) is 0 Å². The van der Waals surface area contributed by atoms with E-state index in [0.29, 0.717) is 11.4 Å². The largest absolute Gasteiger partial charge is 0.357 e. The Morgan fingerprint density at radius 1 is 0.926 bits per heavy atom. The molecule has 2 heterocycles. The lowest BCUT2D eigenvalue weighted by molar-refractivity contribution is -0.386.